The van der Waals surface area contributed by atoms with Gasteiger partial charge < -0.3 is 10.2 Å². The molecule has 0 aromatic carbocycles. The average Bonchev–Trinajstić information content (AvgIpc) is 2.35. The van der Waals surface area contributed by atoms with Crippen LogP contribution in [-0.4, -0.2) is 35.8 Å². The summed E-state index contributed by atoms with van der Waals surface area (Å²) in [6.45, 7) is 7.42. The van der Waals surface area contributed by atoms with Crippen LogP contribution in [0.25, 0.3) is 0 Å². The topological polar surface area (TPSA) is 49.4 Å². The molecule has 20 heavy (non-hydrogen) atoms. The van der Waals surface area contributed by atoms with E-state index in [1.165, 1.54) is 32.1 Å². The Hall–Kier alpha value is -1.06. The average molecular weight is 280 g/mol. The predicted octanol–water partition coefficient (Wildman–Crippen LogP) is 2.33. The molecule has 0 aromatic heterocycles. The fraction of sp³-hybridized carbons (Fsp3) is 0.875. The Morgan fingerprint density at radius 1 is 1.25 bits per heavy atom. The largest absolute Gasteiger partial charge is 0.343 e. The van der Waals surface area contributed by atoms with Gasteiger partial charge in [-0.2, -0.15) is 0 Å². The lowest BCUT2D eigenvalue weighted by Crippen LogP contribution is -2.60. The van der Waals surface area contributed by atoms with Gasteiger partial charge in [0.25, 0.3) is 0 Å². The number of hydrogen-bond donors (Lipinski definition) is 1. The smallest absolute Gasteiger partial charge is 0.245 e. The second-order valence-electron chi connectivity index (χ2n) is 7.32. The second-order valence-corrected chi connectivity index (χ2v) is 7.32. The normalized spacial score (nSPS) is 26.8. The van der Waals surface area contributed by atoms with E-state index in [2.05, 4.69) is 26.1 Å². The van der Waals surface area contributed by atoms with Crippen molar-refractivity contribution in [2.45, 2.75) is 65.3 Å². The first kappa shape index (κ1) is 15.3. The minimum atomic E-state index is -0.316. The molecular formula is C16H28N2O2. The number of rotatable bonds is 4. The number of piperazine rings is 1. The van der Waals surface area contributed by atoms with Crippen LogP contribution in [-0.2, 0) is 9.59 Å². The van der Waals surface area contributed by atoms with Gasteiger partial charge in [0.05, 0.1) is 6.54 Å². The number of carbonyl (C=O) groups is 2. The molecule has 114 valence electrons. The van der Waals surface area contributed by atoms with E-state index >= 15 is 0 Å². The summed E-state index contributed by atoms with van der Waals surface area (Å²) < 4.78 is 0. The maximum atomic E-state index is 12.5. The van der Waals surface area contributed by atoms with Crippen LogP contribution in [0, 0.1) is 11.3 Å². The molecule has 0 bridgehead atoms. The quantitative estimate of drug-likeness (QED) is 0.859. The van der Waals surface area contributed by atoms with E-state index < -0.39 is 0 Å². The Morgan fingerprint density at radius 3 is 2.50 bits per heavy atom. The maximum absolute atomic E-state index is 12.5. The molecule has 4 nitrogen and oxygen atoms in total. The molecule has 1 heterocycles. The second kappa shape index (κ2) is 6.15. The van der Waals surface area contributed by atoms with E-state index in [4.69, 9.17) is 0 Å². The highest BCUT2D eigenvalue weighted by molar-refractivity contribution is 5.94. The summed E-state index contributed by atoms with van der Waals surface area (Å²) in [5.74, 6) is 0.522. The van der Waals surface area contributed by atoms with Gasteiger partial charge in [0.15, 0.2) is 0 Å². The van der Waals surface area contributed by atoms with Crippen LogP contribution in [0.15, 0.2) is 0 Å². The van der Waals surface area contributed by atoms with E-state index in [0.717, 1.165) is 13.0 Å². The molecule has 1 N–H and O–H groups in total. The zero-order chi connectivity index (χ0) is 14.8. The van der Waals surface area contributed by atoms with Crippen molar-refractivity contribution in [3.05, 3.63) is 0 Å². The highest BCUT2D eigenvalue weighted by Gasteiger charge is 2.37. The first-order valence-electron chi connectivity index (χ1n) is 7.98. The van der Waals surface area contributed by atoms with Crippen molar-refractivity contribution in [1.29, 1.82) is 0 Å². The molecule has 1 unspecified atom stereocenters. The highest BCUT2D eigenvalue weighted by Crippen LogP contribution is 2.36. The predicted molar refractivity (Wildman–Crippen MR) is 79.2 cm³/mol. The third-order valence-corrected chi connectivity index (χ3v) is 4.62. The number of carbonyl (C=O) groups excluding carboxylic acids is 2. The van der Waals surface area contributed by atoms with Crippen LogP contribution >= 0.6 is 0 Å². The van der Waals surface area contributed by atoms with Gasteiger partial charge in [-0.1, -0.05) is 40.0 Å². The summed E-state index contributed by atoms with van der Waals surface area (Å²) in [5, 5.41) is 2.85. The number of amides is 2. The van der Waals surface area contributed by atoms with Gasteiger partial charge in [0.2, 0.25) is 11.8 Å². The van der Waals surface area contributed by atoms with Crippen LogP contribution in [0.3, 0.4) is 0 Å². The lowest BCUT2D eigenvalue weighted by atomic mass is 9.75. The molecule has 2 fully saturated rings. The molecular weight excluding hydrogens is 252 g/mol. The summed E-state index contributed by atoms with van der Waals surface area (Å²) in [7, 11) is 0. The number of nitrogens with zero attached hydrogens (tertiary/aromatic N) is 1. The third kappa shape index (κ3) is 3.74. The maximum Gasteiger partial charge on any atom is 0.245 e. The van der Waals surface area contributed by atoms with Gasteiger partial charge in [0, 0.05) is 6.54 Å². The SMILES string of the molecule is CC(C)CC1NC(=O)CN(CC2(C)CCCCC2)C1=O. The van der Waals surface area contributed by atoms with Gasteiger partial charge in [-0.15, -0.1) is 0 Å². The Labute approximate surface area is 122 Å². The van der Waals surface area contributed by atoms with Crippen LogP contribution in [0.2, 0.25) is 0 Å². The summed E-state index contributed by atoms with van der Waals surface area (Å²) in [5.41, 5.74) is 0.202. The van der Waals surface area contributed by atoms with E-state index in [1.807, 2.05) is 0 Å². The molecule has 1 atom stereocenters. The summed E-state index contributed by atoms with van der Waals surface area (Å²) in [6.07, 6.45) is 6.89. The van der Waals surface area contributed by atoms with Crippen LogP contribution in [0.1, 0.15) is 59.3 Å². The summed E-state index contributed by atoms with van der Waals surface area (Å²) in [6, 6.07) is -0.316. The minimum Gasteiger partial charge on any atom is -0.343 e. The van der Waals surface area contributed by atoms with E-state index in [1.54, 1.807) is 4.90 Å². The van der Waals surface area contributed by atoms with Crippen LogP contribution in [0.4, 0.5) is 0 Å². The van der Waals surface area contributed by atoms with Crippen LogP contribution in [0.5, 0.6) is 0 Å². The van der Waals surface area contributed by atoms with E-state index in [0.29, 0.717) is 5.92 Å². The lowest BCUT2D eigenvalue weighted by molar-refractivity contribution is -0.146. The van der Waals surface area contributed by atoms with Crippen molar-refractivity contribution >= 4 is 11.8 Å². The monoisotopic (exact) mass is 280 g/mol. The molecule has 1 aliphatic heterocycles. The Bertz CT molecular complexity index is 373. The first-order valence-corrected chi connectivity index (χ1v) is 7.98. The summed E-state index contributed by atoms with van der Waals surface area (Å²) >= 11 is 0. The molecule has 0 radical (unpaired) electrons. The Morgan fingerprint density at radius 2 is 1.90 bits per heavy atom. The van der Waals surface area contributed by atoms with Crippen molar-refractivity contribution in [2.75, 3.05) is 13.1 Å². The van der Waals surface area contributed by atoms with Crippen molar-refractivity contribution in [2.24, 2.45) is 11.3 Å². The molecule has 1 saturated heterocycles. The van der Waals surface area contributed by atoms with Gasteiger partial charge in [0.1, 0.15) is 6.04 Å². The fourth-order valence-electron chi connectivity index (χ4n) is 3.56. The molecule has 0 aromatic rings. The zero-order valence-electron chi connectivity index (χ0n) is 13.1. The third-order valence-electron chi connectivity index (χ3n) is 4.62. The molecule has 4 heteroatoms. The van der Waals surface area contributed by atoms with Gasteiger partial charge in [-0.05, 0) is 30.6 Å². The Kier molecular flexibility index (Phi) is 4.71. The van der Waals surface area contributed by atoms with Gasteiger partial charge in [-0.3, -0.25) is 9.59 Å². The van der Waals surface area contributed by atoms with Crippen molar-refractivity contribution < 1.29 is 9.59 Å². The highest BCUT2D eigenvalue weighted by atomic mass is 16.2. The lowest BCUT2D eigenvalue weighted by Gasteiger charge is -2.41. The van der Waals surface area contributed by atoms with Crippen LogP contribution < -0.4 is 5.32 Å². The molecule has 2 amide bonds. The summed E-state index contributed by atoms with van der Waals surface area (Å²) in [4.78, 5) is 26.2. The Balaban J connectivity index is 2.02. The zero-order valence-corrected chi connectivity index (χ0v) is 13.1. The molecule has 2 rings (SSSR count). The van der Waals surface area contributed by atoms with Gasteiger partial charge >= 0.3 is 0 Å². The first-order chi connectivity index (χ1) is 9.39. The van der Waals surface area contributed by atoms with Crippen molar-refractivity contribution in [3.8, 4) is 0 Å². The molecule has 1 saturated carbocycles. The standard InChI is InChI=1S/C16H28N2O2/c1-12(2)9-13-15(20)18(10-14(19)17-13)11-16(3)7-5-4-6-8-16/h12-13H,4-11H2,1-3H3,(H,17,19). The van der Waals surface area contributed by atoms with Crippen molar-refractivity contribution in [3.63, 3.8) is 0 Å². The molecule has 1 aliphatic carbocycles. The molecule has 2 aliphatic rings. The van der Waals surface area contributed by atoms with E-state index in [-0.39, 0.29) is 29.8 Å². The molecule has 0 spiro atoms. The van der Waals surface area contributed by atoms with E-state index in [9.17, 15) is 9.59 Å². The fourth-order valence-corrected chi connectivity index (χ4v) is 3.56. The minimum absolute atomic E-state index is 0.00494. The number of hydrogen-bond acceptors (Lipinski definition) is 2. The van der Waals surface area contributed by atoms with Gasteiger partial charge in [-0.25, -0.2) is 0 Å². The number of nitrogens with one attached hydrogen (secondary N) is 1. The van der Waals surface area contributed by atoms with Crippen molar-refractivity contribution in [1.82, 2.24) is 10.2 Å².